The molecule has 221 valence electrons. The van der Waals surface area contributed by atoms with E-state index in [1.807, 2.05) is 27.7 Å². The van der Waals surface area contributed by atoms with Crippen molar-refractivity contribution in [1.29, 1.82) is 0 Å². The molecule has 1 aliphatic heterocycles. The monoisotopic (exact) mass is 667 g/mol. The number of non-ortho nitro benzene ring substituents is 1. The van der Waals surface area contributed by atoms with E-state index >= 15 is 0 Å². The molecule has 2 aromatic rings. The van der Waals surface area contributed by atoms with Crippen LogP contribution < -0.4 is 9.64 Å². The van der Waals surface area contributed by atoms with E-state index in [0.29, 0.717) is 23.2 Å². The average molecular weight is 668 g/mol. The van der Waals surface area contributed by atoms with Crippen molar-refractivity contribution in [2.24, 2.45) is 5.41 Å². The van der Waals surface area contributed by atoms with Gasteiger partial charge in [-0.2, -0.15) is 0 Å². The molecule has 1 aliphatic rings. The minimum absolute atomic E-state index is 0.0275. The van der Waals surface area contributed by atoms with Gasteiger partial charge in [0.05, 0.1) is 0 Å². The summed E-state index contributed by atoms with van der Waals surface area (Å²) in [5, 5.41) is 10.6. The van der Waals surface area contributed by atoms with Crippen molar-refractivity contribution < 1.29 is 25.3 Å². The molecule has 2 aromatic carbocycles. The molecule has 0 radical (unpaired) electrons. The predicted octanol–water partition coefficient (Wildman–Crippen LogP) is 9.23. The molecule has 0 aromatic heterocycles. The topological polar surface area (TPSA) is 55.6 Å². The van der Waals surface area contributed by atoms with Crippen LogP contribution in [0.2, 0.25) is 0 Å². The van der Waals surface area contributed by atoms with Crippen molar-refractivity contribution in [2.45, 2.75) is 106 Å². The summed E-state index contributed by atoms with van der Waals surface area (Å²) in [6.07, 6.45) is 3.36. The van der Waals surface area contributed by atoms with Gasteiger partial charge in [-0.1, -0.05) is 59.7 Å². The first kappa shape index (κ1) is 35.5. The van der Waals surface area contributed by atoms with E-state index in [9.17, 15) is 10.1 Å². The van der Waals surface area contributed by atoms with E-state index in [0.717, 1.165) is 12.8 Å². The molecule has 0 saturated carbocycles. The number of para-hydroxylation sites is 1. The Morgan fingerprint density at radius 2 is 1.69 bits per heavy atom. The van der Waals surface area contributed by atoms with Crippen molar-refractivity contribution in [1.82, 2.24) is 0 Å². The maximum Gasteiger partial charge on any atom is 0.0482 e. The number of anilines is 1. The number of benzene rings is 2. The Balaban J connectivity index is 0.000000379. The molecular formula is C31H47Cl2N2O3Ru. The van der Waals surface area contributed by atoms with E-state index in [4.69, 9.17) is 26.0 Å². The van der Waals surface area contributed by atoms with Crippen LogP contribution in [0.5, 0.6) is 5.75 Å². The van der Waals surface area contributed by atoms with Crippen LogP contribution in [0.15, 0.2) is 36.4 Å². The Bertz CT molecular complexity index is 1080. The van der Waals surface area contributed by atoms with Crippen LogP contribution in [0.1, 0.15) is 92.3 Å². The summed E-state index contributed by atoms with van der Waals surface area (Å²) >= 11 is 5.97. The fraction of sp³-hybridized carbons (Fsp3) is 0.581. The Morgan fingerprint density at radius 1 is 1.13 bits per heavy atom. The van der Waals surface area contributed by atoms with Crippen LogP contribution in [0.3, 0.4) is 0 Å². The Kier molecular flexibility index (Phi) is 14.7. The molecule has 3 rings (SSSR count). The van der Waals surface area contributed by atoms with Crippen molar-refractivity contribution in [3.05, 3.63) is 63.2 Å². The summed E-state index contributed by atoms with van der Waals surface area (Å²) in [5.74, 6) is 1.33. The number of aryl methyl sites for hydroxylation is 2. The van der Waals surface area contributed by atoms with Crippen LogP contribution in [0.25, 0.3) is 0 Å². The molecule has 0 spiro atoms. The second-order valence-corrected chi connectivity index (χ2v) is 13.1. The first-order chi connectivity index (χ1) is 18.3. The molecule has 1 heterocycles. The van der Waals surface area contributed by atoms with Crippen molar-refractivity contribution in [3.8, 4) is 5.75 Å². The Labute approximate surface area is 252 Å². The van der Waals surface area contributed by atoms with Gasteiger partial charge in [-0.25, -0.2) is 0 Å². The van der Waals surface area contributed by atoms with Crippen LogP contribution in [-0.2, 0) is 28.5 Å². The normalized spacial score (nSPS) is 17.6. The molecule has 1 atom stereocenters. The number of nitro groups is 1. The van der Waals surface area contributed by atoms with Crippen molar-refractivity contribution >= 4 is 37.3 Å². The summed E-state index contributed by atoms with van der Waals surface area (Å²) in [6, 6.07) is 11.7. The number of hydrogen-bond acceptors (Lipinski definition) is 4. The van der Waals surface area contributed by atoms with Crippen LogP contribution in [-0.4, -0.2) is 33.1 Å². The maximum atomic E-state index is 10.6. The van der Waals surface area contributed by atoms with Gasteiger partial charge in [0.1, 0.15) is 0 Å². The first-order valence-electron chi connectivity index (χ1n) is 13.8. The van der Waals surface area contributed by atoms with E-state index in [-0.39, 0.29) is 22.7 Å². The maximum absolute atomic E-state index is 10.6. The molecule has 0 N–H and O–H groups in total. The molecule has 1 saturated heterocycles. The molecule has 0 aliphatic carbocycles. The Hall–Kier alpha value is -1.49. The third-order valence-corrected chi connectivity index (χ3v) is 8.30. The van der Waals surface area contributed by atoms with Crippen LogP contribution in [0.4, 0.5) is 11.4 Å². The summed E-state index contributed by atoms with van der Waals surface area (Å²) in [6.45, 7) is 21.8. The molecular weight excluding hydrogens is 620 g/mol. The van der Waals surface area contributed by atoms with Gasteiger partial charge in [-0.15, -0.1) is 11.6 Å². The standard InChI is InChI=1S/C19H30ClN.C10H11NO3.C2H6.ClH.Ru/c1-7-14-10-9-11-15(8-2)17(14)21-16(12-20)18(3,4)13-19(21,5)6;1-7(2)14-10-5-4-9(11(12)13)6-8(10)3;1-2;;/h9-11,16H,7-8,12-13H2,1-6H3;3-7H,1-2H3;1-2H3;1H;/q;;;;+1/p-1. The summed E-state index contributed by atoms with van der Waals surface area (Å²) in [7, 11) is 5.69. The fourth-order valence-corrected chi connectivity index (χ4v) is 7.13. The SMILES string of the molecule is CC.CC(C)Oc1ccc([N+](=O)[O-])cc1[CH]=[Ru][Cl].CCc1cccc(CC)c1N1C(CCl)C(C)(C)CC1(C)C. The molecule has 0 bridgehead atoms. The van der Waals surface area contributed by atoms with Gasteiger partial charge in [0.25, 0.3) is 0 Å². The van der Waals surface area contributed by atoms with Gasteiger partial charge >= 0.3 is 105 Å². The number of nitro benzene ring substituents is 1. The van der Waals surface area contributed by atoms with Crippen molar-refractivity contribution in [2.75, 3.05) is 10.8 Å². The van der Waals surface area contributed by atoms with E-state index < -0.39 is 20.6 Å². The summed E-state index contributed by atoms with van der Waals surface area (Å²) in [5.41, 5.74) is 5.49. The van der Waals surface area contributed by atoms with E-state index in [1.165, 1.54) is 35.4 Å². The van der Waals surface area contributed by atoms with Crippen LogP contribution >= 0.6 is 21.3 Å². The zero-order chi connectivity index (χ0) is 30.0. The third-order valence-electron chi connectivity index (χ3n) is 6.82. The third kappa shape index (κ3) is 9.27. The van der Waals surface area contributed by atoms with E-state index in [2.05, 4.69) is 64.6 Å². The molecule has 5 nitrogen and oxygen atoms in total. The first-order valence-corrected chi connectivity index (χ1v) is 17.6. The van der Waals surface area contributed by atoms with Crippen LogP contribution in [0, 0.1) is 15.5 Å². The van der Waals surface area contributed by atoms with E-state index in [1.54, 1.807) is 10.7 Å². The zero-order valence-corrected chi connectivity index (χ0v) is 28.5. The second-order valence-electron chi connectivity index (χ2n) is 11.0. The number of rotatable bonds is 8. The van der Waals surface area contributed by atoms with Gasteiger partial charge in [0, 0.05) is 23.1 Å². The summed E-state index contributed by atoms with van der Waals surface area (Å²) < 4.78 is 7.31. The number of alkyl halides is 1. The van der Waals surface area contributed by atoms with Gasteiger partial charge in [0.2, 0.25) is 0 Å². The average Bonchev–Trinajstić information content (AvgIpc) is 3.07. The molecule has 0 amide bonds. The molecule has 1 unspecified atom stereocenters. The van der Waals surface area contributed by atoms with Gasteiger partial charge in [-0.3, -0.25) is 0 Å². The molecule has 1 fully saturated rings. The quantitative estimate of drug-likeness (QED) is 0.122. The number of hydrogen-bond donors (Lipinski definition) is 0. The minimum atomic E-state index is -0.440. The predicted molar refractivity (Wildman–Crippen MR) is 166 cm³/mol. The minimum Gasteiger partial charge on any atom is -0.361 e. The smallest absolute Gasteiger partial charge is 0.0482 e. The fourth-order valence-electron chi connectivity index (χ4n) is 5.48. The van der Waals surface area contributed by atoms with Gasteiger partial charge in [0.15, 0.2) is 0 Å². The number of halogens is 2. The summed E-state index contributed by atoms with van der Waals surface area (Å²) in [4.78, 5) is 12.8. The zero-order valence-electron chi connectivity index (χ0n) is 25.3. The number of ether oxygens (including phenoxy) is 1. The van der Waals surface area contributed by atoms with Gasteiger partial charge < -0.3 is 4.90 Å². The number of nitrogens with zero attached hydrogens (tertiary/aromatic N) is 2. The van der Waals surface area contributed by atoms with Crippen molar-refractivity contribution in [3.63, 3.8) is 0 Å². The second kappa shape index (κ2) is 16.1. The Morgan fingerprint density at radius 3 is 2.13 bits per heavy atom. The van der Waals surface area contributed by atoms with Gasteiger partial charge in [-0.05, 0) is 49.7 Å². The largest absolute Gasteiger partial charge is 0.361 e. The molecule has 39 heavy (non-hydrogen) atoms. The molecule has 8 heteroatoms.